The van der Waals surface area contributed by atoms with Crippen LogP contribution in [0.1, 0.15) is 30.9 Å². The topological polar surface area (TPSA) is 75.7 Å². The van der Waals surface area contributed by atoms with Crippen molar-refractivity contribution in [1.82, 2.24) is 4.31 Å². The lowest BCUT2D eigenvalue weighted by Gasteiger charge is -2.25. The van der Waals surface area contributed by atoms with Gasteiger partial charge in [0.05, 0.1) is 4.90 Å². The molecule has 3 rings (SSSR count). The number of hydrogen-bond donors (Lipinski definition) is 1. The van der Waals surface area contributed by atoms with Gasteiger partial charge in [-0.15, -0.1) is 0 Å². The van der Waals surface area contributed by atoms with Gasteiger partial charge >= 0.3 is 0 Å². The first kappa shape index (κ1) is 19.5. The lowest BCUT2D eigenvalue weighted by atomic mass is 10.1. The van der Waals surface area contributed by atoms with Crippen molar-refractivity contribution in [1.29, 1.82) is 0 Å². The van der Waals surface area contributed by atoms with Crippen LogP contribution in [0.5, 0.6) is 0 Å². The number of amides is 1. The van der Waals surface area contributed by atoms with E-state index in [0.717, 1.165) is 24.8 Å². The van der Waals surface area contributed by atoms with Gasteiger partial charge in [-0.05, 0) is 42.7 Å². The van der Waals surface area contributed by atoms with Gasteiger partial charge in [-0.1, -0.05) is 36.8 Å². The molecule has 1 aliphatic heterocycles. The van der Waals surface area contributed by atoms with Crippen molar-refractivity contribution < 1.29 is 17.9 Å². The molecular formula is C20H24N2O4S. The number of benzene rings is 2. The smallest absolute Gasteiger partial charge is 0.258 e. The molecule has 0 aromatic heterocycles. The maximum atomic E-state index is 12.7. The van der Waals surface area contributed by atoms with Crippen molar-refractivity contribution in [3.63, 3.8) is 0 Å². The molecular weight excluding hydrogens is 364 g/mol. The first-order chi connectivity index (χ1) is 13.0. The monoisotopic (exact) mass is 388 g/mol. The maximum absolute atomic E-state index is 12.7. The third-order valence-corrected chi connectivity index (χ3v) is 6.56. The number of piperidine rings is 1. The normalized spacial score (nSPS) is 16.6. The number of carbonyl (C=O) groups is 1. The van der Waals surface area contributed by atoms with Crippen molar-refractivity contribution in [3.05, 3.63) is 60.2 Å². The Morgan fingerprint density at radius 3 is 2.22 bits per heavy atom. The molecule has 1 atom stereocenters. The number of hydrogen-bond acceptors (Lipinski definition) is 4. The molecule has 0 unspecified atom stereocenters. The van der Waals surface area contributed by atoms with E-state index in [0.29, 0.717) is 18.8 Å². The number of carbonyl (C=O) groups excluding carboxylic acids is 1. The highest BCUT2D eigenvalue weighted by atomic mass is 32.2. The number of anilines is 1. The summed E-state index contributed by atoms with van der Waals surface area (Å²) in [7, 11) is -2.00. The Hall–Kier alpha value is -2.22. The maximum Gasteiger partial charge on any atom is 0.258 e. The second-order valence-corrected chi connectivity index (χ2v) is 8.44. The SMILES string of the molecule is CO[C@@H](C(=O)Nc1ccc(S(=O)(=O)N2CCCCC2)cc1)c1ccccc1. The highest BCUT2D eigenvalue weighted by Crippen LogP contribution is 2.23. The summed E-state index contributed by atoms with van der Waals surface area (Å²) in [6.07, 6.45) is 2.12. The number of rotatable bonds is 6. The van der Waals surface area contributed by atoms with Crippen LogP contribution >= 0.6 is 0 Å². The van der Waals surface area contributed by atoms with Gasteiger partial charge in [0.15, 0.2) is 6.10 Å². The van der Waals surface area contributed by atoms with Gasteiger partial charge in [0.2, 0.25) is 10.0 Å². The van der Waals surface area contributed by atoms with Crippen LogP contribution in [0.15, 0.2) is 59.5 Å². The number of sulfonamides is 1. The second-order valence-electron chi connectivity index (χ2n) is 6.50. The average molecular weight is 388 g/mol. The van der Waals surface area contributed by atoms with Gasteiger partial charge in [0, 0.05) is 25.9 Å². The number of methoxy groups -OCH3 is 1. The lowest BCUT2D eigenvalue weighted by Crippen LogP contribution is -2.35. The first-order valence-electron chi connectivity index (χ1n) is 9.01. The van der Waals surface area contributed by atoms with Crippen molar-refractivity contribution in [3.8, 4) is 0 Å². The van der Waals surface area contributed by atoms with E-state index < -0.39 is 16.1 Å². The minimum Gasteiger partial charge on any atom is -0.367 e. The molecule has 0 bridgehead atoms. The molecule has 2 aromatic rings. The van der Waals surface area contributed by atoms with Crippen LogP contribution in [0.3, 0.4) is 0 Å². The Morgan fingerprint density at radius 2 is 1.63 bits per heavy atom. The summed E-state index contributed by atoms with van der Waals surface area (Å²) in [5.74, 6) is -0.310. The quantitative estimate of drug-likeness (QED) is 0.825. The zero-order valence-corrected chi connectivity index (χ0v) is 16.1. The molecule has 1 aliphatic rings. The molecule has 144 valence electrons. The summed E-state index contributed by atoms with van der Waals surface area (Å²) in [4.78, 5) is 12.8. The molecule has 1 heterocycles. The highest BCUT2D eigenvalue weighted by molar-refractivity contribution is 7.89. The van der Waals surface area contributed by atoms with E-state index in [1.165, 1.54) is 23.5 Å². The fourth-order valence-corrected chi connectivity index (χ4v) is 4.71. The highest BCUT2D eigenvalue weighted by Gasteiger charge is 2.26. The fraction of sp³-hybridized carbons (Fsp3) is 0.350. The van der Waals surface area contributed by atoms with Crippen molar-refractivity contribution in [2.75, 3.05) is 25.5 Å². The first-order valence-corrected chi connectivity index (χ1v) is 10.5. The van der Waals surface area contributed by atoms with E-state index >= 15 is 0 Å². The molecule has 1 fully saturated rings. The Labute approximate surface area is 160 Å². The van der Waals surface area contributed by atoms with Gasteiger partial charge < -0.3 is 10.1 Å². The summed E-state index contributed by atoms with van der Waals surface area (Å²) >= 11 is 0. The summed E-state index contributed by atoms with van der Waals surface area (Å²) in [5.41, 5.74) is 1.28. The molecule has 1 amide bonds. The van der Waals surface area contributed by atoms with Gasteiger partial charge in [-0.2, -0.15) is 4.31 Å². The van der Waals surface area contributed by atoms with Crippen LogP contribution in [0, 0.1) is 0 Å². The zero-order chi connectivity index (χ0) is 19.3. The Bertz CT molecular complexity index is 861. The van der Waals surface area contributed by atoms with Crippen molar-refractivity contribution >= 4 is 21.6 Å². The molecule has 7 heteroatoms. The van der Waals surface area contributed by atoms with Gasteiger partial charge in [0.1, 0.15) is 0 Å². The summed E-state index contributed by atoms with van der Waals surface area (Å²) in [5, 5.41) is 2.78. The molecule has 0 aliphatic carbocycles. The zero-order valence-electron chi connectivity index (χ0n) is 15.3. The number of nitrogens with zero attached hydrogens (tertiary/aromatic N) is 1. The van der Waals surface area contributed by atoms with E-state index in [4.69, 9.17) is 4.74 Å². The lowest BCUT2D eigenvalue weighted by molar-refractivity contribution is -0.126. The van der Waals surface area contributed by atoms with E-state index in [1.807, 2.05) is 30.3 Å². The van der Waals surface area contributed by atoms with Crippen LogP contribution in [0.25, 0.3) is 0 Å². The second kappa shape index (κ2) is 8.65. The minimum absolute atomic E-state index is 0.244. The molecule has 0 saturated carbocycles. The van der Waals surface area contributed by atoms with E-state index in [9.17, 15) is 13.2 Å². The molecule has 6 nitrogen and oxygen atoms in total. The summed E-state index contributed by atoms with van der Waals surface area (Å²) < 4.78 is 32.2. The van der Waals surface area contributed by atoms with Gasteiger partial charge in [-0.25, -0.2) is 8.42 Å². The Morgan fingerprint density at radius 1 is 1.00 bits per heavy atom. The van der Waals surface area contributed by atoms with Crippen LogP contribution in [0.4, 0.5) is 5.69 Å². The standard InChI is InChI=1S/C20H24N2O4S/c1-26-19(16-8-4-2-5-9-16)20(23)21-17-10-12-18(13-11-17)27(24,25)22-14-6-3-7-15-22/h2,4-5,8-13,19H,3,6-7,14-15H2,1H3,(H,21,23)/t19-/m1/s1. The van der Waals surface area contributed by atoms with Crippen LogP contribution < -0.4 is 5.32 Å². The summed E-state index contributed by atoms with van der Waals surface area (Å²) in [6.45, 7) is 1.13. The van der Waals surface area contributed by atoms with Crippen LogP contribution in [-0.2, 0) is 19.6 Å². The van der Waals surface area contributed by atoms with Crippen molar-refractivity contribution in [2.45, 2.75) is 30.3 Å². The van der Waals surface area contributed by atoms with E-state index in [2.05, 4.69) is 5.32 Å². The molecule has 0 spiro atoms. The number of ether oxygens (including phenoxy) is 1. The molecule has 2 aromatic carbocycles. The third kappa shape index (κ3) is 4.55. The predicted octanol–water partition coefficient (Wildman–Crippen LogP) is 3.19. The molecule has 1 saturated heterocycles. The average Bonchev–Trinajstić information content (AvgIpc) is 2.70. The van der Waals surface area contributed by atoms with Crippen LogP contribution in [0.2, 0.25) is 0 Å². The third-order valence-electron chi connectivity index (χ3n) is 4.65. The van der Waals surface area contributed by atoms with E-state index in [-0.39, 0.29) is 10.8 Å². The van der Waals surface area contributed by atoms with Gasteiger partial charge in [-0.3, -0.25) is 4.79 Å². The molecule has 1 N–H and O–H groups in total. The van der Waals surface area contributed by atoms with Gasteiger partial charge in [0.25, 0.3) is 5.91 Å². The van der Waals surface area contributed by atoms with Crippen molar-refractivity contribution in [2.24, 2.45) is 0 Å². The Balaban J connectivity index is 1.71. The minimum atomic E-state index is -3.48. The largest absolute Gasteiger partial charge is 0.367 e. The molecule has 27 heavy (non-hydrogen) atoms. The number of nitrogens with one attached hydrogen (secondary N) is 1. The Kier molecular flexibility index (Phi) is 6.26. The molecule has 0 radical (unpaired) electrons. The van der Waals surface area contributed by atoms with E-state index in [1.54, 1.807) is 12.1 Å². The predicted molar refractivity (Wildman–Crippen MR) is 104 cm³/mol. The summed E-state index contributed by atoms with van der Waals surface area (Å²) in [6, 6.07) is 15.5. The fourth-order valence-electron chi connectivity index (χ4n) is 3.19. The van der Waals surface area contributed by atoms with Crippen LogP contribution in [-0.4, -0.2) is 38.8 Å².